The van der Waals surface area contributed by atoms with Crippen molar-refractivity contribution in [2.45, 2.75) is 6.92 Å². The third-order valence-electron chi connectivity index (χ3n) is 1.60. The summed E-state index contributed by atoms with van der Waals surface area (Å²) in [6.07, 6.45) is 0. The summed E-state index contributed by atoms with van der Waals surface area (Å²) in [7, 11) is 1.71. The predicted octanol–water partition coefficient (Wildman–Crippen LogP) is 2.56. The maximum atomic E-state index is 12.9. The van der Waals surface area contributed by atoms with E-state index in [1.54, 1.807) is 20.0 Å². The van der Waals surface area contributed by atoms with Gasteiger partial charge in [-0.05, 0) is 24.6 Å². The highest BCUT2D eigenvalue weighted by molar-refractivity contribution is 5.66. The van der Waals surface area contributed by atoms with Gasteiger partial charge < -0.3 is 11.1 Å². The molecule has 13 heavy (non-hydrogen) atoms. The van der Waals surface area contributed by atoms with Crippen LogP contribution in [0, 0.1) is 12.7 Å². The molecule has 0 spiro atoms. The Morgan fingerprint density at radius 1 is 1.38 bits per heavy atom. The monoisotopic (exact) mass is 182 g/mol. The lowest BCUT2D eigenvalue weighted by atomic mass is 10.2. The second-order valence-corrected chi connectivity index (χ2v) is 2.44. The van der Waals surface area contributed by atoms with E-state index in [1.165, 1.54) is 6.07 Å². The highest BCUT2D eigenvalue weighted by Gasteiger charge is 2.01. The fraction of sp³-hybridized carbons (Fsp3) is 0.200. The molecular weight excluding hydrogens is 167 g/mol. The maximum Gasteiger partial charge on any atom is 0.128 e. The second kappa shape index (κ2) is 5.19. The molecule has 0 unspecified atom stereocenters. The topological polar surface area (TPSA) is 38.0 Å². The number of aryl methyl sites for hydroxylation is 1. The average molecular weight is 182 g/mol. The maximum absolute atomic E-state index is 12.9. The first-order chi connectivity index (χ1) is 6.15. The van der Waals surface area contributed by atoms with Crippen LogP contribution < -0.4 is 11.1 Å². The third-order valence-corrected chi connectivity index (χ3v) is 1.60. The molecule has 1 aromatic carbocycles. The molecule has 0 fully saturated rings. The second-order valence-electron chi connectivity index (χ2n) is 2.44. The first kappa shape index (κ1) is 11.5. The number of halogens is 1. The lowest BCUT2D eigenvalue weighted by Crippen LogP contribution is -1.97. The minimum Gasteiger partial charge on any atom is -0.397 e. The minimum absolute atomic E-state index is 0.233. The number of benzene rings is 1. The van der Waals surface area contributed by atoms with Crippen LogP contribution in [0.1, 0.15) is 5.56 Å². The molecule has 0 aliphatic rings. The van der Waals surface area contributed by atoms with E-state index in [1.807, 2.05) is 0 Å². The summed E-state index contributed by atoms with van der Waals surface area (Å²) in [6.45, 7) is 7.69. The van der Waals surface area contributed by atoms with Crippen LogP contribution in [0.25, 0.3) is 0 Å². The van der Waals surface area contributed by atoms with Gasteiger partial charge in [-0.25, -0.2) is 4.39 Å². The largest absolute Gasteiger partial charge is 0.397 e. The van der Waals surface area contributed by atoms with E-state index in [-0.39, 0.29) is 5.82 Å². The van der Waals surface area contributed by atoms with Crippen molar-refractivity contribution in [3.05, 3.63) is 36.7 Å². The number of hydrogen-bond donors (Lipinski definition) is 2. The van der Waals surface area contributed by atoms with Gasteiger partial charge in [0.1, 0.15) is 5.82 Å². The molecule has 0 amide bonds. The van der Waals surface area contributed by atoms with Gasteiger partial charge in [0.15, 0.2) is 0 Å². The van der Waals surface area contributed by atoms with Crippen molar-refractivity contribution in [2.75, 3.05) is 18.1 Å². The van der Waals surface area contributed by atoms with E-state index in [2.05, 4.69) is 18.5 Å². The van der Waals surface area contributed by atoms with Crippen LogP contribution in [0.15, 0.2) is 25.3 Å². The van der Waals surface area contributed by atoms with Crippen LogP contribution in [0.5, 0.6) is 0 Å². The lowest BCUT2D eigenvalue weighted by Gasteiger charge is -2.05. The molecule has 1 aromatic rings. The third kappa shape index (κ3) is 2.78. The van der Waals surface area contributed by atoms with Crippen molar-refractivity contribution in [3.63, 3.8) is 0 Å². The SMILES string of the molecule is C=C.CNc1cc(F)c(C)cc1N. The normalized spacial score (nSPS) is 8.54. The summed E-state index contributed by atoms with van der Waals surface area (Å²) in [5, 5.41) is 2.80. The first-order valence-corrected chi connectivity index (χ1v) is 3.88. The van der Waals surface area contributed by atoms with Crippen LogP contribution >= 0.6 is 0 Å². The number of nitrogen functional groups attached to an aromatic ring is 1. The van der Waals surface area contributed by atoms with Gasteiger partial charge >= 0.3 is 0 Å². The minimum atomic E-state index is -0.233. The zero-order valence-electron chi connectivity index (χ0n) is 8.02. The molecule has 0 saturated heterocycles. The first-order valence-electron chi connectivity index (χ1n) is 3.88. The molecule has 3 heteroatoms. The zero-order valence-corrected chi connectivity index (χ0v) is 8.02. The summed E-state index contributed by atoms with van der Waals surface area (Å²) in [4.78, 5) is 0. The summed E-state index contributed by atoms with van der Waals surface area (Å²) in [5.41, 5.74) is 7.35. The fourth-order valence-electron chi connectivity index (χ4n) is 0.920. The molecule has 0 saturated carbocycles. The molecule has 3 N–H and O–H groups in total. The van der Waals surface area contributed by atoms with Crippen molar-refractivity contribution in [2.24, 2.45) is 0 Å². The zero-order chi connectivity index (χ0) is 10.4. The van der Waals surface area contributed by atoms with Crippen molar-refractivity contribution in [3.8, 4) is 0 Å². The molecular formula is C10H15FN2. The van der Waals surface area contributed by atoms with Crippen LogP contribution in [0.4, 0.5) is 15.8 Å². The van der Waals surface area contributed by atoms with Gasteiger partial charge in [0.05, 0.1) is 11.4 Å². The number of nitrogens with two attached hydrogens (primary N) is 1. The van der Waals surface area contributed by atoms with Gasteiger partial charge in [0.2, 0.25) is 0 Å². The van der Waals surface area contributed by atoms with Crippen molar-refractivity contribution < 1.29 is 4.39 Å². The number of rotatable bonds is 1. The molecule has 0 heterocycles. The Morgan fingerprint density at radius 2 is 1.92 bits per heavy atom. The van der Waals surface area contributed by atoms with Crippen molar-refractivity contribution >= 4 is 11.4 Å². The Labute approximate surface area is 78.3 Å². The molecule has 2 nitrogen and oxygen atoms in total. The van der Waals surface area contributed by atoms with E-state index in [0.29, 0.717) is 16.9 Å². The quantitative estimate of drug-likeness (QED) is 0.517. The van der Waals surface area contributed by atoms with Crippen LogP contribution in [0.3, 0.4) is 0 Å². The smallest absolute Gasteiger partial charge is 0.128 e. The standard InChI is InChI=1S/C8H11FN2.C2H4/c1-5-3-7(10)8(11-2)4-6(5)9;1-2/h3-4,11H,10H2,1-2H3;1-2H2. The summed E-state index contributed by atoms with van der Waals surface area (Å²) in [5.74, 6) is -0.233. The van der Waals surface area contributed by atoms with Crippen LogP contribution in [-0.2, 0) is 0 Å². The molecule has 0 aliphatic heterocycles. The highest BCUT2D eigenvalue weighted by atomic mass is 19.1. The Bertz CT molecular complexity index is 284. The average Bonchev–Trinajstić information content (AvgIpc) is 2.15. The van der Waals surface area contributed by atoms with E-state index in [0.717, 1.165) is 0 Å². The van der Waals surface area contributed by atoms with E-state index >= 15 is 0 Å². The molecule has 0 bridgehead atoms. The fourth-order valence-corrected chi connectivity index (χ4v) is 0.920. The van der Waals surface area contributed by atoms with E-state index in [4.69, 9.17) is 5.73 Å². The number of anilines is 2. The lowest BCUT2D eigenvalue weighted by molar-refractivity contribution is 0.619. The molecule has 0 aliphatic carbocycles. The Kier molecular flexibility index (Phi) is 4.59. The summed E-state index contributed by atoms with van der Waals surface area (Å²) < 4.78 is 12.9. The summed E-state index contributed by atoms with van der Waals surface area (Å²) in [6, 6.07) is 3.01. The van der Waals surface area contributed by atoms with Crippen molar-refractivity contribution in [1.82, 2.24) is 0 Å². The van der Waals surface area contributed by atoms with Crippen molar-refractivity contribution in [1.29, 1.82) is 0 Å². The molecule has 72 valence electrons. The van der Waals surface area contributed by atoms with Gasteiger partial charge in [0.25, 0.3) is 0 Å². The number of nitrogens with one attached hydrogen (secondary N) is 1. The molecule has 1 rings (SSSR count). The van der Waals surface area contributed by atoms with Gasteiger partial charge in [0, 0.05) is 7.05 Å². The van der Waals surface area contributed by atoms with E-state index in [9.17, 15) is 4.39 Å². The number of hydrogen-bond acceptors (Lipinski definition) is 2. The Morgan fingerprint density at radius 3 is 2.38 bits per heavy atom. The molecule has 0 atom stereocenters. The molecule has 0 radical (unpaired) electrons. The molecule has 0 aromatic heterocycles. The van der Waals surface area contributed by atoms with Gasteiger partial charge in [-0.3, -0.25) is 0 Å². The van der Waals surface area contributed by atoms with Gasteiger partial charge in [-0.1, -0.05) is 0 Å². The van der Waals surface area contributed by atoms with Crippen LogP contribution in [-0.4, -0.2) is 7.05 Å². The van der Waals surface area contributed by atoms with Crippen LogP contribution in [0.2, 0.25) is 0 Å². The van der Waals surface area contributed by atoms with E-state index < -0.39 is 0 Å². The summed E-state index contributed by atoms with van der Waals surface area (Å²) >= 11 is 0. The predicted molar refractivity (Wildman–Crippen MR) is 56.4 cm³/mol. The Balaban J connectivity index is 0.000000671. The van der Waals surface area contributed by atoms with Gasteiger partial charge in [-0.15, -0.1) is 13.2 Å². The highest BCUT2D eigenvalue weighted by Crippen LogP contribution is 2.21. The Hall–Kier alpha value is -1.51. The van der Waals surface area contributed by atoms with Gasteiger partial charge in [-0.2, -0.15) is 0 Å².